The van der Waals surface area contributed by atoms with Crippen molar-refractivity contribution in [2.45, 2.75) is 0 Å². The van der Waals surface area contributed by atoms with Gasteiger partial charge in [-0.15, -0.1) is 0 Å². The Labute approximate surface area is 103 Å². The highest BCUT2D eigenvalue weighted by molar-refractivity contribution is 6.07. The van der Waals surface area contributed by atoms with Crippen LogP contribution in [0.4, 0.5) is 0 Å². The van der Waals surface area contributed by atoms with Crippen molar-refractivity contribution < 1.29 is 9.59 Å². The summed E-state index contributed by atoms with van der Waals surface area (Å²) < 4.78 is 0. The highest BCUT2D eigenvalue weighted by Gasteiger charge is 2.19. The van der Waals surface area contributed by atoms with Gasteiger partial charge in [-0.1, -0.05) is 18.2 Å². The molecule has 1 aliphatic heterocycles. The number of H-pyrrole nitrogens is 1. The van der Waals surface area contributed by atoms with Crippen molar-refractivity contribution in [3.63, 3.8) is 0 Å². The van der Waals surface area contributed by atoms with E-state index >= 15 is 0 Å². The van der Waals surface area contributed by atoms with Crippen LogP contribution < -0.4 is 10.6 Å². The molecule has 2 aromatic rings. The normalized spacial score (nSPS) is 17.9. The summed E-state index contributed by atoms with van der Waals surface area (Å²) in [5.74, 6) is -0.472. The Balaban J connectivity index is 2.04. The van der Waals surface area contributed by atoms with Crippen LogP contribution in [0.2, 0.25) is 0 Å². The van der Waals surface area contributed by atoms with Crippen LogP contribution in [-0.2, 0) is 9.59 Å². The highest BCUT2D eigenvalue weighted by atomic mass is 16.2. The Morgan fingerprint density at radius 2 is 2.00 bits per heavy atom. The van der Waals surface area contributed by atoms with E-state index in [2.05, 4.69) is 15.6 Å². The zero-order valence-electron chi connectivity index (χ0n) is 9.49. The molecule has 3 N–H and O–H groups in total. The fraction of sp³-hybridized carbons (Fsp3) is 0.0769. The molecule has 5 heteroatoms. The number of rotatable bonds is 1. The third-order valence-corrected chi connectivity index (χ3v) is 2.85. The van der Waals surface area contributed by atoms with Crippen molar-refractivity contribution in [2.75, 3.05) is 6.54 Å². The predicted molar refractivity (Wildman–Crippen MR) is 67.4 cm³/mol. The SMILES string of the molecule is O=C1CNC(=O)C(=Cc2c[nH]c3ccccc23)N1. The van der Waals surface area contributed by atoms with Crippen LogP contribution >= 0.6 is 0 Å². The molecule has 0 spiro atoms. The number of hydrogen-bond donors (Lipinski definition) is 3. The van der Waals surface area contributed by atoms with Crippen molar-refractivity contribution in [1.29, 1.82) is 0 Å². The number of carbonyl (C=O) groups excluding carboxylic acids is 2. The fourth-order valence-corrected chi connectivity index (χ4v) is 1.98. The zero-order valence-corrected chi connectivity index (χ0v) is 9.49. The monoisotopic (exact) mass is 241 g/mol. The second kappa shape index (κ2) is 4.03. The average molecular weight is 241 g/mol. The average Bonchev–Trinajstić information content (AvgIpc) is 2.78. The van der Waals surface area contributed by atoms with Crippen LogP contribution in [0.15, 0.2) is 36.2 Å². The fourth-order valence-electron chi connectivity index (χ4n) is 1.98. The van der Waals surface area contributed by atoms with E-state index in [4.69, 9.17) is 0 Å². The number of aromatic amines is 1. The summed E-state index contributed by atoms with van der Waals surface area (Å²) in [6, 6.07) is 7.78. The molecule has 2 amide bonds. The van der Waals surface area contributed by atoms with Crippen LogP contribution in [0, 0.1) is 0 Å². The molecule has 0 atom stereocenters. The van der Waals surface area contributed by atoms with E-state index in [1.54, 1.807) is 6.08 Å². The first-order chi connectivity index (χ1) is 8.74. The van der Waals surface area contributed by atoms with Gasteiger partial charge in [0.2, 0.25) is 5.91 Å². The molecule has 1 fully saturated rings. The molecule has 0 radical (unpaired) electrons. The lowest BCUT2D eigenvalue weighted by molar-refractivity contribution is -0.127. The molecule has 2 heterocycles. The number of piperazine rings is 1. The number of fused-ring (bicyclic) bond motifs is 1. The van der Waals surface area contributed by atoms with Gasteiger partial charge in [-0.3, -0.25) is 9.59 Å². The van der Waals surface area contributed by atoms with Gasteiger partial charge in [-0.05, 0) is 12.1 Å². The zero-order chi connectivity index (χ0) is 12.5. The smallest absolute Gasteiger partial charge is 0.268 e. The minimum Gasteiger partial charge on any atom is -0.361 e. The van der Waals surface area contributed by atoms with Gasteiger partial charge in [0.1, 0.15) is 5.70 Å². The van der Waals surface area contributed by atoms with Gasteiger partial charge in [-0.2, -0.15) is 0 Å². The van der Waals surface area contributed by atoms with Crippen LogP contribution in [-0.4, -0.2) is 23.3 Å². The number of amides is 2. The molecule has 0 saturated carbocycles. The molecular formula is C13H11N3O2. The summed E-state index contributed by atoms with van der Waals surface area (Å²) in [4.78, 5) is 25.9. The molecule has 1 aromatic heterocycles. The van der Waals surface area contributed by atoms with E-state index in [0.29, 0.717) is 0 Å². The van der Waals surface area contributed by atoms with E-state index in [9.17, 15) is 9.59 Å². The van der Waals surface area contributed by atoms with Gasteiger partial charge in [0, 0.05) is 22.7 Å². The maximum absolute atomic E-state index is 11.6. The number of para-hydroxylation sites is 1. The topological polar surface area (TPSA) is 74.0 Å². The summed E-state index contributed by atoms with van der Waals surface area (Å²) in [6.45, 7) is 0.0318. The van der Waals surface area contributed by atoms with Gasteiger partial charge in [0.25, 0.3) is 5.91 Å². The summed E-state index contributed by atoms with van der Waals surface area (Å²) >= 11 is 0. The van der Waals surface area contributed by atoms with Gasteiger partial charge in [0.15, 0.2) is 0 Å². The first kappa shape index (κ1) is 10.6. The largest absolute Gasteiger partial charge is 0.361 e. The van der Waals surface area contributed by atoms with Crippen LogP contribution in [0.3, 0.4) is 0 Å². The Bertz CT molecular complexity index is 670. The van der Waals surface area contributed by atoms with E-state index in [0.717, 1.165) is 16.5 Å². The minimum atomic E-state index is -0.264. The Morgan fingerprint density at radius 1 is 1.17 bits per heavy atom. The van der Waals surface area contributed by atoms with Crippen LogP contribution in [0.1, 0.15) is 5.56 Å². The molecule has 18 heavy (non-hydrogen) atoms. The molecule has 1 aromatic carbocycles. The van der Waals surface area contributed by atoms with Crippen LogP contribution in [0.25, 0.3) is 17.0 Å². The third-order valence-electron chi connectivity index (χ3n) is 2.85. The highest BCUT2D eigenvalue weighted by Crippen LogP contribution is 2.20. The minimum absolute atomic E-state index is 0.0318. The van der Waals surface area contributed by atoms with Crippen molar-refractivity contribution in [2.24, 2.45) is 0 Å². The van der Waals surface area contributed by atoms with Crippen LogP contribution in [0.5, 0.6) is 0 Å². The van der Waals surface area contributed by atoms with Gasteiger partial charge < -0.3 is 15.6 Å². The standard InChI is InChI=1S/C13H11N3O2/c17-12-7-15-13(18)11(16-12)5-8-6-14-10-4-2-1-3-9(8)10/h1-6,14H,7H2,(H,15,18)(H,16,17). The van der Waals surface area contributed by atoms with Gasteiger partial charge >= 0.3 is 0 Å². The maximum Gasteiger partial charge on any atom is 0.268 e. The van der Waals surface area contributed by atoms with Gasteiger partial charge in [0.05, 0.1) is 6.54 Å². The lowest BCUT2D eigenvalue weighted by Gasteiger charge is -2.15. The molecular weight excluding hydrogens is 230 g/mol. The molecule has 90 valence electrons. The molecule has 0 bridgehead atoms. The lowest BCUT2D eigenvalue weighted by atomic mass is 10.1. The molecule has 0 aliphatic carbocycles. The van der Waals surface area contributed by atoms with E-state index in [1.165, 1.54) is 0 Å². The molecule has 1 saturated heterocycles. The number of carbonyl (C=O) groups is 2. The first-order valence-electron chi connectivity index (χ1n) is 5.60. The van der Waals surface area contributed by atoms with E-state index in [-0.39, 0.29) is 24.1 Å². The summed E-state index contributed by atoms with van der Waals surface area (Å²) in [7, 11) is 0. The van der Waals surface area contributed by atoms with Crippen molar-refractivity contribution >= 4 is 28.8 Å². The summed E-state index contributed by atoms with van der Waals surface area (Å²) in [5.41, 5.74) is 2.14. The second-order valence-corrected chi connectivity index (χ2v) is 4.08. The summed E-state index contributed by atoms with van der Waals surface area (Å²) in [6.07, 6.45) is 3.48. The Kier molecular flexibility index (Phi) is 2.37. The molecule has 3 rings (SSSR count). The maximum atomic E-state index is 11.6. The number of nitrogens with one attached hydrogen (secondary N) is 3. The van der Waals surface area contributed by atoms with E-state index < -0.39 is 0 Å². The number of benzene rings is 1. The molecule has 1 aliphatic rings. The molecule has 0 unspecified atom stereocenters. The summed E-state index contributed by atoms with van der Waals surface area (Å²) in [5, 5.41) is 6.09. The number of aromatic nitrogens is 1. The Hall–Kier alpha value is -2.56. The third kappa shape index (κ3) is 1.75. The quantitative estimate of drug-likeness (QED) is 0.645. The van der Waals surface area contributed by atoms with Crippen molar-refractivity contribution in [1.82, 2.24) is 15.6 Å². The van der Waals surface area contributed by atoms with Gasteiger partial charge in [-0.25, -0.2) is 0 Å². The van der Waals surface area contributed by atoms with E-state index in [1.807, 2.05) is 30.5 Å². The number of hydrogen-bond acceptors (Lipinski definition) is 2. The van der Waals surface area contributed by atoms with Crippen molar-refractivity contribution in [3.05, 3.63) is 41.7 Å². The molecule has 5 nitrogen and oxygen atoms in total. The first-order valence-corrected chi connectivity index (χ1v) is 5.60. The predicted octanol–water partition coefficient (Wildman–Crippen LogP) is 0.755. The van der Waals surface area contributed by atoms with Crippen molar-refractivity contribution in [3.8, 4) is 0 Å². The second-order valence-electron chi connectivity index (χ2n) is 4.08. The Morgan fingerprint density at radius 3 is 2.89 bits per heavy atom. The lowest BCUT2D eigenvalue weighted by Crippen LogP contribution is -2.46.